The van der Waals surface area contributed by atoms with E-state index >= 15 is 0 Å². The maximum atomic E-state index is 6.50. The van der Waals surface area contributed by atoms with Crippen molar-refractivity contribution in [1.82, 2.24) is 35.1 Å². The molecule has 3 N–H and O–H groups in total. The molecule has 0 bridgehead atoms. The molecule has 9 nitrogen and oxygen atoms in total. The molecular weight excluding hydrogens is 536 g/mol. The van der Waals surface area contributed by atoms with Gasteiger partial charge in [0.25, 0.3) is 0 Å². The molecule has 0 radical (unpaired) electrons. The molecule has 216 valence electrons. The number of likely N-dealkylation sites (tertiary alicyclic amines) is 1. The first-order valence-corrected chi connectivity index (χ1v) is 14.9. The van der Waals surface area contributed by atoms with Crippen molar-refractivity contribution in [3.63, 3.8) is 0 Å². The number of nitrogens with one attached hydrogen (secondary N) is 3. The molecule has 0 spiro atoms. The van der Waals surface area contributed by atoms with Crippen LogP contribution in [0.25, 0.3) is 33.1 Å². The Balaban J connectivity index is 1.12. The van der Waals surface area contributed by atoms with E-state index in [1.165, 1.54) is 0 Å². The van der Waals surface area contributed by atoms with Crippen LogP contribution in [-0.4, -0.2) is 55.5 Å². The number of piperidine rings is 1. The molecule has 1 saturated heterocycles. The largest absolute Gasteiger partial charge is 0.438 e. The lowest BCUT2D eigenvalue weighted by atomic mass is 10.1. The van der Waals surface area contributed by atoms with Crippen molar-refractivity contribution in [1.29, 1.82) is 0 Å². The highest BCUT2D eigenvalue weighted by molar-refractivity contribution is 5.99. The first-order chi connectivity index (χ1) is 21.2. The predicted molar refractivity (Wildman–Crippen MR) is 171 cm³/mol. The summed E-state index contributed by atoms with van der Waals surface area (Å²) in [6.07, 6.45) is 5.85. The van der Waals surface area contributed by atoms with Gasteiger partial charge in [0, 0.05) is 34.9 Å². The minimum absolute atomic E-state index is 0.491. The number of rotatable bonds is 9. The summed E-state index contributed by atoms with van der Waals surface area (Å²) >= 11 is 0. The number of pyridine rings is 1. The van der Waals surface area contributed by atoms with Crippen LogP contribution in [0.3, 0.4) is 0 Å². The highest BCUT2D eigenvalue weighted by Gasteiger charge is 2.18. The third-order valence-electron chi connectivity index (χ3n) is 8.07. The zero-order valence-corrected chi connectivity index (χ0v) is 24.1. The third-order valence-corrected chi connectivity index (χ3v) is 8.07. The second kappa shape index (κ2) is 12.2. The number of aromatic nitrogens is 5. The summed E-state index contributed by atoms with van der Waals surface area (Å²) in [5.74, 6) is 2.65. The Hall–Kier alpha value is -4.86. The first-order valence-electron chi connectivity index (χ1n) is 14.9. The van der Waals surface area contributed by atoms with Crippen LogP contribution < -0.4 is 15.4 Å². The van der Waals surface area contributed by atoms with Crippen LogP contribution in [0, 0.1) is 0 Å². The van der Waals surface area contributed by atoms with E-state index in [1.807, 2.05) is 72.9 Å². The van der Waals surface area contributed by atoms with Gasteiger partial charge in [-0.1, -0.05) is 43.3 Å². The molecule has 1 aliphatic rings. The summed E-state index contributed by atoms with van der Waals surface area (Å²) in [5, 5.41) is 9.08. The molecule has 3 aromatic heterocycles. The lowest BCUT2D eigenvalue weighted by Gasteiger charge is -2.31. The fourth-order valence-electron chi connectivity index (χ4n) is 5.70. The number of nitrogens with zero attached hydrogens (tertiary/aromatic N) is 5. The average molecular weight is 571 g/mol. The molecule has 0 amide bonds. The zero-order chi connectivity index (χ0) is 29.0. The van der Waals surface area contributed by atoms with Gasteiger partial charge < -0.3 is 25.3 Å². The maximum absolute atomic E-state index is 6.50. The quantitative estimate of drug-likeness (QED) is 0.177. The van der Waals surface area contributed by atoms with Crippen molar-refractivity contribution in [3.05, 3.63) is 97.1 Å². The lowest BCUT2D eigenvalue weighted by Crippen LogP contribution is -2.42. The molecule has 3 aromatic carbocycles. The second-order valence-corrected chi connectivity index (χ2v) is 10.8. The molecule has 0 unspecified atom stereocenters. The van der Waals surface area contributed by atoms with Gasteiger partial charge in [-0.3, -0.25) is 0 Å². The number of aromatic amines is 1. The number of benzene rings is 3. The summed E-state index contributed by atoms with van der Waals surface area (Å²) in [6, 6.07) is 26.4. The van der Waals surface area contributed by atoms with E-state index in [9.17, 15) is 0 Å². The fraction of sp³-hybridized carbons (Fsp3) is 0.235. The van der Waals surface area contributed by atoms with Crippen LogP contribution in [0.4, 0.5) is 11.6 Å². The lowest BCUT2D eigenvalue weighted by molar-refractivity contribution is 0.205. The highest BCUT2D eigenvalue weighted by atomic mass is 16.5. The van der Waals surface area contributed by atoms with Gasteiger partial charge in [-0.25, -0.2) is 19.9 Å². The van der Waals surface area contributed by atoms with Gasteiger partial charge in [-0.15, -0.1) is 0 Å². The number of fused-ring (bicyclic) bond motifs is 2. The van der Waals surface area contributed by atoms with Gasteiger partial charge in [-0.05, 0) is 74.9 Å². The number of imidazole rings is 1. The van der Waals surface area contributed by atoms with E-state index in [4.69, 9.17) is 9.72 Å². The average Bonchev–Trinajstić information content (AvgIpc) is 3.48. The number of ether oxygens (including phenoxy) is 1. The molecule has 43 heavy (non-hydrogen) atoms. The number of hydrogen-bond acceptors (Lipinski definition) is 8. The molecule has 7 rings (SSSR count). The number of hydrogen-bond donors (Lipinski definition) is 3. The van der Waals surface area contributed by atoms with Crippen LogP contribution in [-0.2, 0) is 6.54 Å². The normalized spacial score (nSPS) is 14.3. The van der Waals surface area contributed by atoms with Crippen LogP contribution >= 0.6 is 0 Å². The van der Waals surface area contributed by atoms with Crippen LogP contribution in [0.2, 0.25) is 0 Å². The molecule has 1 fully saturated rings. The van der Waals surface area contributed by atoms with Gasteiger partial charge in [0.05, 0.1) is 28.8 Å². The maximum Gasteiger partial charge on any atom is 0.228 e. The van der Waals surface area contributed by atoms with E-state index in [1.54, 1.807) is 6.20 Å². The molecule has 9 heteroatoms. The Morgan fingerprint density at radius 2 is 1.70 bits per heavy atom. The van der Waals surface area contributed by atoms with Crippen molar-refractivity contribution < 1.29 is 4.74 Å². The SMILES string of the molecule is CCN1CCC(NCc2nccc(-c3cccnc3Oc3ccc(Nc4nc5ccccc5[nH]4)c4ccccc34)n2)CC1. The first kappa shape index (κ1) is 27.0. The molecule has 6 aromatic rings. The van der Waals surface area contributed by atoms with Crippen molar-refractivity contribution >= 4 is 33.4 Å². The highest BCUT2D eigenvalue weighted by Crippen LogP contribution is 2.37. The Labute approximate surface area is 250 Å². The smallest absolute Gasteiger partial charge is 0.228 e. The molecule has 4 heterocycles. The van der Waals surface area contributed by atoms with Crippen molar-refractivity contribution in [2.75, 3.05) is 25.0 Å². The van der Waals surface area contributed by atoms with E-state index in [0.29, 0.717) is 30.2 Å². The monoisotopic (exact) mass is 570 g/mol. The third kappa shape index (κ3) is 5.90. The summed E-state index contributed by atoms with van der Waals surface area (Å²) in [6.45, 7) is 6.24. The van der Waals surface area contributed by atoms with E-state index < -0.39 is 0 Å². The molecule has 0 atom stereocenters. The topological polar surface area (TPSA) is 104 Å². The van der Waals surface area contributed by atoms with Gasteiger partial charge in [0.15, 0.2) is 0 Å². The predicted octanol–water partition coefficient (Wildman–Crippen LogP) is 6.68. The van der Waals surface area contributed by atoms with Gasteiger partial charge >= 0.3 is 0 Å². The molecular formula is C34H34N8O. The number of para-hydroxylation sites is 2. The van der Waals surface area contributed by atoms with Crippen LogP contribution in [0.15, 0.2) is 91.3 Å². The van der Waals surface area contributed by atoms with Crippen LogP contribution in [0.5, 0.6) is 11.6 Å². The fourth-order valence-corrected chi connectivity index (χ4v) is 5.70. The Morgan fingerprint density at radius 1 is 0.860 bits per heavy atom. The minimum Gasteiger partial charge on any atom is -0.438 e. The summed E-state index contributed by atoms with van der Waals surface area (Å²) in [7, 11) is 0. The van der Waals surface area contributed by atoms with E-state index in [-0.39, 0.29) is 0 Å². The van der Waals surface area contributed by atoms with Crippen molar-refractivity contribution in [2.45, 2.75) is 32.4 Å². The molecule has 1 aliphatic heterocycles. The van der Waals surface area contributed by atoms with Gasteiger partial charge in [-0.2, -0.15) is 0 Å². The summed E-state index contributed by atoms with van der Waals surface area (Å²) in [5.41, 5.74) is 4.42. The number of anilines is 2. The summed E-state index contributed by atoms with van der Waals surface area (Å²) in [4.78, 5) is 24.5. The van der Waals surface area contributed by atoms with Crippen molar-refractivity contribution in [3.8, 4) is 22.9 Å². The van der Waals surface area contributed by atoms with Crippen molar-refractivity contribution in [2.24, 2.45) is 0 Å². The second-order valence-electron chi connectivity index (χ2n) is 10.8. The molecule has 0 saturated carbocycles. The number of H-pyrrole nitrogens is 1. The standard InChI is InChI=1S/C34H34N8O/c1-2-42-20-16-23(17-21-42)37-22-32-35-19-15-28(38-32)26-10-7-18-36-33(26)43-31-14-13-27(24-8-3-4-9-25(24)31)39-34-40-29-11-5-6-12-30(29)41-34/h3-15,18-19,23,37H,2,16-17,20-22H2,1H3,(H2,39,40,41). The van der Waals surface area contributed by atoms with Gasteiger partial charge in [0.2, 0.25) is 11.8 Å². The Kier molecular flexibility index (Phi) is 7.64. The van der Waals surface area contributed by atoms with E-state index in [0.717, 1.165) is 77.1 Å². The van der Waals surface area contributed by atoms with E-state index in [2.05, 4.69) is 54.5 Å². The molecule has 0 aliphatic carbocycles. The van der Waals surface area contributed by atoms with Crippen LogP contribution in [0.1, 0.15) is 25.6 Å². The Morgan fingerprint density at radius 3 is 2.56 bits per heavy atom. The Bertz CT molecular complexity index is 1830. The minimum atomic E-state index is 0.491. The summed E-state index contributed by atoms with van der Waals surface area (Å²) < 4.78 is 6.50. The van der Waals surface area contributed by atoms with Gasteiger partial charge in [0.1, 0.15) is 11.6 Å². The zero-order valence-electron chi connectivity index (χ0n) is 24.1.